The Hall–Kier alpha value is -1.60. The summed E-state index contributed by atoms with van der Waals surface area (Å²) in [6, 6.07) is 18.2. The van der Waals surface area contributed by atoms with Crippen LogP contribution in [0.1, 0.15) is 24.5 Å². The third-order valence-corrected chi connectivity index (χ3v) is 3.64. The summed E-state index contributed by atoms with van der Waals surface area (Å²) in [6.07, 6.45) is 2.30. The third kappa shape index (κ3) is 3.93. The van der Waals surface area contributed by atoms with Crippen LogP contribution in [0.3, 0.4) is 0 Å². The lowest BCUT2D eigenvalue weighted by Gasteiger charge is -2.10. The van der Waals surface area contributed by atoms with Crippen molar-refractivity contribution in [1.82, 2.24) is 5.32 Å². The first-order chi connectivity index (χ1) is 9.19. The fourth-order valence-electron chi connectivity index (χ4n) is 2.26. The number of rotatable bonds is 5. The number of nitrogens with one attached hydrogen (secondary N) is 1. The predicted molar refractivity (Wildman–Crippen MR) is 83.5 cm³/mol. The van der Waals surface area contributed by atoms with E-state index in [1.54, 1.807) is 0 Å². The highest BCUT2D eigenvalue weighted by atomic mass is 14.8. The average molecular weight is 253 g/mol. The minimum absolute atomic E-state index is 0.572. The van der Waals surface area contributed by atoms with Crippen LogP contribution in [0.4, 0.5) is 0 Å². The molecule has 1 heteroatoms. The van der Waals surface area contributed by atoms with Gasteiger partial charge in [-0.25, -0.2) is 0 Å². The molecule has 2 rings (SSSR count). The average Bonchev–Trinajstić information content (AvgIpc) is 2.45. The molecule has 100 valence electrons. The van der Waals surface area contributed by atoms with Crippen LogP contribution in [0.25, 0.3) is 11.1 Å². The maximum atomic E-state index is 3.29. The molecule has 19 heavy (non-hydrogen) atoms. The van der Waals surface area contributed by atoms with Crippen molar-refractivity contribution >= 4 is 0 Å². The van der Waals surface area contributed by atoms with Crippen molar-refractivity contribution in [2.75, 3.05) is 7.05 Å². The van der Waals surface area contributed by atoms with Gasteiger partial charge in [0.1, 0.15) is 0 Å². The molecule has 0 radical (unpaired) electrons. The number of aryl methyl sites for hydroxylation is 2. The van der Waals surface area contributed by atoms with Gasteiger partial charge < -0.3 is 5.32 Å². The molecule has 1 nitrogen and oxygen atoms in total. The van der Waals surface area contributed by atoms with E-state index in [4.69, 9.17) is 0 Å². The molecule has 1 atom stereocenters. The van der Waals surface area contributed by atoms with Gasteiger partial charge in [-0.3, -0.25) is 0 Å². The van der Waals surface area contributed by atoms with E-state index in [-0.39, 0.29) is 0 Å². The molecular formula is C18H23N. The molecule has 0 bridgehead atoms. The van der Waals surface area contributed by atoms with E-state index >= 15 is 0 Å². The monoisotopic (exact) mass is 253 g/mol. The van der Waals surface area contributed by atoms with Gasteiger partial charge in [-0.05, 0) is 50.4 Å². The highest BCUT2D eigenvalue weighted by Crippen LogP contribution is 2.22. The lowest BCUT2D eigenvalue weighted by molar-refractivity contribution is 0.565. The van der Waals surface area contributed by atoms with E-state index in [0.29, 0.717) is 6.04 Å². The van der Waals surface area contributed by atoms with Gasteiger partial charge in [0.15, 0.2) is 0 Å². The number of hydrogen-bond donors (Lipinski definition) is 1. The molecule has 0 aliphatic heterocycles. The van der Waals surface area contributed by atoms with E-state index in [1.807, 2.05) is 7.05 Å². The molecule has 0 amide bonds. The highest BCUT2D eigenvalue weighted by Gasteiger charge is 2.02. The second kappa shape index (κ2) is 6.53. The molecule has 1 N–H and O–H groups in total. The molecule has 0 aromatic heterocycles. The Kier molecular flexibility index (Phi) is 4.75. The van der Waals surface area contributed by atoms with Gasteiger partial charge in [0.2, 0.25) is 0 Å². The quantitative estimate of drug-likeness (QED) is 0.842. The normalized spacial score (nSPS) is 12.4. The lowest BCUT2D eigenvalue weighted by atomic mass is 9.99. The third-order valence-electron chi connectivity index (χ3n) is 3.64. The first-order valence-corrected chi connectivity index (χ1v) is 7.02. The van der Waals surface area contributed by atoms with Crippen LogP contribution >= 0.6 is 0 Å². The zero-order valence-electron chi connectivity index (χ0n) is 12.1. The Morgan fingerprint density at radius 2 is 1.68 bits per heavy atom. The standard InChI is InChI=1S/C18H23N/c1-14-6-4-8-17(12-14)18-9-5-7-16(13-18)11-10-15(2)19-3/h4-9,12-13,15,19H,10-11H2,1-3H3. The van der Waals surface area contributed by atoms with Crippen LogP contribution in [-0.2, 0) is 6.42 Å². The number of hydrogen-bond acceptors (Lipinski definition) is 1. The zero-order chi connectivity index (χ0) is 13.7. The second-order valence-electron chi connectivity index (χ2n) is 5.30. The highest BCUT2D eigenvalue weighted by molar-refractivity contribution is 5.64. The van der Waals surface area contributed by atoms with E-state index < -0.39 is 0 Å². The van der Waals surface area contributed by atoms with E-state index in [0.717, 1.165) is 6.42 Å². The Morgan fingerprint density at radius 1 is 1.00 bits per heavy atom. The first-order valence-electron chi connectivity index (χ1n) is 7.02. The Labute approximate surface area is 116 Å². The van der Waals surface area contributed by atoms with Crippen LogP contribution < -0.4 is 5.32 Å². The van der Waals surface area contributed by atoms with Crippen LogP contribution in [0, 0.1) is 6.92 Å². The molecule has 0 saturated heterocycles. The smallest absolute Gasteiger partial charge is 0.00388 e. The number of benzene rings is 2. The van der Waals surface area contributed by atoms with Gasteiger partial charge in [-0.2, -0.15) is 0 Å². The van der Waals surface area contributed by atoms with Gasteiger partial charge in [0, 0.05) is 6.04 Å². The van der Waals surface area contributed by atoms with Crippen LogP contribution in [0.2, 0.25) is 0 Å². The molecule has 0 heterocycles. The van der Waals surface area contributed by atoms with Crippen molar-refractivity contribution < 1.29 is 0 Å². The summed E-state index contributed by atoms with van der Waals surface area (Å²) < 4.78 is 0. The summed E-state index contributed by atoms with van der Waals surface area (Å²) in [7, 11) is 2.02. The fourth-order valence-corrected chi connectivity index (χ4v) is 2.26. The Bertz CT molecular complexity index is 531. The molecule has 2 aromatic carbocycles. The Balaban J connectivity index is 2.15. The van der Waals surface area contributed by atoms with Crippen molar-refractivity contribution in [2.24, 2.45) is 0 Å². The minimum Gasteiger partial charge on any atom is -0.317 e. The van der Waals surface area contributed by atoms with Crippen molar-refractivity contribution in [3.8, 4) is 11.1 Å². The molecule has 0 fully saturated rings. The summed E-state index contributed by atoms with van der Waals surface area (Å²) in [5.74, 6) is 0. The maximum Gasteiger partial charge on any atom is 0.00388 e. The van der Waals surface area contributed by atoms with Crippen molar-refractivity contribution in [3.05, 3.63) is 59.7 Å². The summed E-state index contributed by atoms with van der Waals surface area (Å²) in [4.78, 5) is 0. The molecule has 0 aliphatic rings. The lowest BCUT2D eigenvalue weighted by Crippen LogP contribution is -2.21. The predicted octanol–water partition coefficient (Wildman–Crippen LogP) is 4.20. The summed E-state index contributed by atoms with van der Waals surface area (Å²) in [6.45, 7) is 4.37. The largest absolute Gasteiger partial charge is 0.317 e. The van der Waals surface area contributed by atoms with Crippen molar-refractivity contribution in [1.29, 1.82) is 0 Å². The first kappa shape index (κ1) is 13.8. The van der Waals surface area contributed by atoms with Crippen LogP contribution in [0.15, 0.2) is 48.5 Å². The summed E-state index contributed by atoms with van der Waals surface area (Å²) in [5, 5.41) is 3.29. The van der Waals surface area contributed by atoms with E-state index in [9.17, 15) is 0 Å². The second-order valence-corrected chi connectivity index (χ2v) is 5.30. The van der Waals surface area contributed by atoms with Gasteiger partial charge in [-0.15, -0.1) is 0 Å². The summed E-state index contributed by atoms with van der Waals surface area (Å²) >= 11 is 0. The summed E-state index contributed by atoms with van der Waals surface area (Å²) in [5.41, 5.74) is 5.36. The fraction of sp³-hybridized carbons (Fsp3) is 0.333. The van der Waals surface area contributed by atoms with Crippen LogP contribution in [-0.4, -0.2) is 13.1 Å². The molecule has 2 aromatic rings. The molecule has 1 unspecified atom stereocenters. The minimum atomic E-state index is 0.572. The van der Waals surface area contributed by atoms with Crippen molar-refractivity contribution in [2.45, 2.75) is 32.7 Å². The molecular weight excluding hydrogens is 230 g/mol. The van der Waals surface area contributed by atoms with Crippen molar-refractivity contribution in [3.63, 3.8) is 0 Å². The zero-order valence-corrected chi connectivity index (χ0v) is 12.1. The van der Waals surface area contributed by atoms with E-state index in [1.165, 1.54) is 28.7 Å². The molecule has 0 aliphatic carbocycles. The van der Waals surface area contributed by atoms with Gasteiger partial charge >= 0.3 is 0 Å². The molecule has 0 spiro atoms. The molecule has 0 saturated carbocycles. The van der Waals surface area contributed by atoms with E-state index in [2.05, 4.69) is 67.7 Å². The van der Waals surface area contributed by atoms with Crippen LogP contribution in [0.5, 0.6) is 0 Å². The van der Waals surface area contributed by atoms with Gasteiger partial charge in [0.25, 0.3) is 0 Å². The Morgan fingerprint density at radius 3 is 2.37 bits per heavy atom. The topological polar surface area (TPSA) is 12.0 Å². The van der Waals surface area contributed by atoms with Gasteiger partial charge in [0.05, 0.1) is 0 Å². The SMILES string of the molecule is CNC(C)CCc1cccc(-c2cccc(C)c2)c1. The van der Waals surface area contributed by atoms with Gasteiger partial charge in [-0.1, -0.05) is 54.1 Å². The maximum absolute atomic E-state index is 3.29.